The fraction of sp³-hybridized carbons (Fsp3) is 0.0690. The molecule has 5 nitrogen and oxygen atoms in total. The molecule has 0 bridgehead atoms. The first-order chi connectivity index (χ1) is 17.4. The summed E-state index contributed by atoms with van der Waals surface area (Å²) in [6, 6.07) is 27.7. The Bertz CT molecular complexity index is 1450. The van der Waals surface area contributed by atoms with E-state index >= 15 is 0 Å². The molecule has 5 rings (SSSR count). The van der Waals surface area contributed by atoms with Gasteiger partial charge in [0.2, 0.25) is 0 Å². The summed E-state index contributed by atoms with van der Waals surface area (Å²) in [4.78, 5) is 30.3. The van der Waals surface area contributed by atoms with Crippen LogP contribution in [0.5, 0.6) is 0 Å². The zero-order valence-electron chi connectivity index (χ0n) is 19.7. The molecule has 1 aliphatic rings. The van der Waals surface area contributed by atoms with Crippen molar-refractivity contribution in [1.82, 2.24) is 4.57 Å². The average Bonchev–Trinajstić information content (AvgIpc) is 3.16. The molecule has 1 saturated heterocycles. The summed E-state index contributed by atoms with van der Waals surface area (Å²) < 4.78 is 2.06. The molecule has 1 aliphatic heterocycles. The van der Waals surface area contributed by atoms with Crippen molar-refractivity contribution in [2.24, 2.45) is 0 Å². The number of anilines is 2. The SMILES string of the molecule is Cc1cc(C=C2C(=O)N(c3ccccc3)C(=S)N(c3ccccc3)C2=O)c(C)n1-c1ccc(Cl)cc1. The Labute approximate surface area is 219 Å². The Morgan fingerprint density at radius 1 is 0.722 bits per heavy atom. The van der Waals surface area contributed by atoms with E-state index < -0.39 is 11.8 Å². The summed E-state index contributed by atoms with van der Waals surface area (Å²) in [5.41, 5.74) is 4.80. The second-order valence-corrected chi connectivity index (χ2v) is 9.23. The first-order valence-electron chi connectivity index (χ1n) is 11.4. The number of amides is 2. The maximum Gasteiger partial charge on any atom is 0.270 e. The van der Waals surface area contributed by atoms with Gasteiger partial charge in [0.05, 0.1) is 11.4 Å². The Hall–Kier alpha value is -4.00. The van der Waals surface area contributed by atoms with Crippen LogP contribution in [-0.2, 0) is 9.59 Å². The number of benzene rings is 3. The molecule has 2 heterocycles. The monoisotopic (exact) mass is 511 g/mol. The first kappa shape index (κ1) is 23.7. The lowest BCUT2D eigenvalue weighted by atomic mass is 10.1. The molecule has 0 saturated carbocycles. The predicted molar refractivity (Wildman–Crippen MR) is 149 cm³/mol. The van der Waals surface area contributed by atoms with Crippen LogP contribution in [0.25, 0.3) is 11.8 Å². The van der Waals surface area contributed by atoms with Crippen LogP contribution in [0.15, 0.2) is 96.6 Å². The molecule has 7 heteroatoms. The normalized spacial score (nSPS) is 14.0. The van der Waals surface area contributed by atoms with Crippen molar-refractivity contribution in [3.63, 3.8) is 0 Å². The van der Waals surface area contributed by atoms with Crippen LogP contribution in [0.2, 0.25) is 5.02 Å². The maximum absolute atomic E-state index is 13.7. The molecule has 178 valence electrons. The third-order valence-corrected chi connectivity index (χ3v) is 6.75. The minimum atomic E-state index is -0.459. The molecule has 0 aliphatic carbocycles. The summed E-state index contributed by atoms with van der Waals surface area (Å²) in [7, 11) is 0. The van der Waals surface area contributed by atoms with E-state index in [4.69, 9.17) is 23.8 Å². The molecule has 1 fully saturated rings. The van der Waals surface area contributed by atoms with Crippen LogP contribution in [0, 0.1) is 13.8 Å². The summed E-state index contributed by atoms with van der Waals surface area (Å²) >= 11 is 11.7. The van der Waals surface area contributed by atoms with Gasteiger partial charge >= 0.3 is 0 Å². The third kappa shape index (κ3) is 4.15. The van der Waals surface area contributed by atoms with E-state index in [1.165, 1.54) is 9.80 Å². The van der Waals surface area contributed by atoms with Gasteiger partial charge < -0.3 is 4.57 Å². The van der Waals surface area contributed by atoms with E-state index in [2.05, 4.69) is 4.57 Å². The lowest BCUT2D eigenvalue weighted by Gasteiger charge is -2.36. The number of para-hydroxylation sites is 2. The summed E-state index contributed by atoms with van der Waals surface area (Å²) in [6.07, 6.45) is 1.66. The molecule has 1 aromatic heterocycles. The van der Waals surface area contributed by atoms with Crippen LogP contribution in [0.1, 0.15) is 17.0 Å². The molecule has 0 atom stereocenters. The standard InChI is InChI=1S/C29H22ClN3O2S/c1-19-17-21(20(2)31(19)25-15-13-22(30)14-16-25)18-26-27(34)32(23-9-5-3-6-10-23)29(36)33(28(26)35)24-11-7-4-8-12-24/h3-18H,1-2H3. The summed E-state index contributed by atoms with van der Waals surface area (Å²) in [5.74, 6) is -0.917. The molecule has 0 spiro atoms. The highest BCUT2D eigenvalue weighted by Gasteiger charge is 2.41. The molecule has 36 heavy (non-hydrogen) atoms. The molecular weight excluding hydrogens is 490 g/mol. The van der Waals surface area contributed by atoms with E-state index in [-0.39, 0.29) is 10.7 Å². The van der Waals surface area contributed by atoms with Crippen molar-refractivity contribution in [3.05, 3.63) is 119 Å². The average molecular weight is 512 g/mol. The quantitative estimate of drug-likeness (QED) is 0.178. The van der Waals surface area contributed by atoms with Crippen molar-refractivity contribution in [2.45, 2.75) is 13.8 Å². The maximum atomic E-state index is 13.7. The van der Waals surface area contributed by atoms with Crippen LogP contribution >= 0.6 is 23.8 Å². The van der Waals surface area contributed by atoms with E-state index in [1.807, 2.05) is 80.6 Å². The highest BCUT2D eigenvalue weighted by molar-refractivity contribution is 7.81. The highest BCUT2D eigenvalue weighted by atomic mass is 35.5. The van der Waals surface area contributed by atoms with Crippen LogP contribution in [0.4, 0.5) is 11.4 Å². The van der Waals surface area contributed by atoms with Crippen molar-refractivity contribution >= 4 is 58.2 Å². The molecular formula is C29H22ClN3O2S. The number of carbonyl (C=O) groups is 2. The van der Waals surface area contributed by atoms with Gasteiger partial charge in [-0.15, -0.1) is 0 Å². The molecule has 0 N–H and O–H groups in total. The summed E-state index contributed by atoms with van der Waals surface area (Å²) in [5, 5.41) is 0.770. The second-order valence-electron chi connectivity index (χ2n) is 8.43. The van der Waals surface area contributed by atoms with Crippen molar-refractivity contribution in [2.75, 3.05) is 9.80 Å². The second kappa shape index (κ2) is 9.57. The van der Waals surface area contributed by atoms with Crippen LogP contribution in [0.3, 0.4) is 0 Å². The molecule has 0 radical (unpaired) electrons. The van der Waals surface area contributed by atoms with Gasteiger partial charge in [-0.25, -0.2) is 0 Å². The van der Waals surface area contributed by atoms with Gasteiger partial charge in [-0.1, -0.05) is 48.0 Å². The Morgan fingerprint density at radius 2 is 1.22 bits per heavy atom. The zero-order valence-corrected chi connectivity index (χ0v) is 21.3. The number of rotatable bonds is 4. The fourth-order valence-corrected chi connectivity index (χ4v) is 4.92. The largest absolute Gasteiger partial charge is 0.318 e. The number of hydrogen-bond acceptors (Lipinski definition) is 3. The van der Waals surface area contributed by atoms with E-state index in [1.54, 1.807) is 30.3 Å². The van der Waals surface area contributed by atoms with Crippen molar-refractivity contribution in [1.29, 1.82) is 0 Å². The van der Waals surface area contributed by atoms with Crippen molar-refractivity contribution < 1.29 is 9.59 Å². The van der Waals surface area contributed by atoms with Gasteiger partial charge in [0.1, 0.15) is 5.57 Å². The minimum Gasteiger partial charge on any atom is -0.318 e. The number of hydrogen-bond donors (Lipinski definition) is 0. The smallest absolute Gasteiger partial charge is 0.270 e. The lowest BCUT2D eigenvalue weighted by Crippen LogP contribution is -2.56. The molecule has 2 amide bonds. The number of aryl methyl sites for hydroxylation is 1. The number of thiocarbonyl (C=S) groups is 1. The van der Waals surface area contributed by atoms with Gasteiger partial charge in [-0.3, -0.25) is 19.4 Å². The van der Waals surface area contributed by atoms with Gasteiger partial charge in [-0.2, -0.15) is 0 Å². The number of aromatic nitrogens is 1. The highest BCUT2D eigenvalue weighted by Crippen LogP contribution is 2.31. The Balaban J connectivity index is 1.65. The van der Waals surface area contributed by atoms with Crippen LogP contribution in [-0.4, -0.2) is 21.5 Å². The summed E-state index contributed by atoms with van der Waals surface area (Å²) in [6.45, 7) is 3.94. The van der Waals surface area contributed by atoms with Crippen LogP contribution < -0.4 is 9.80 Å². The lowest BCUT2D eigenvalue weighted by molar-refractivity contribution is -0.120. The van der Waals surface area contributed by atoms with Gasteiger partial charge in [-0.05, 0) is 92.3 Å². The van der Waals surface area contributed by atoms with E-state index in [0.717, 1.165) is 22.6 Å². The Kier molecular flexibility index (Phi) is 6.31. The zero-order chi connectivity index (χ0) is 25.4. The van der Waals surface area contributed by atoms with Gasteiger partial charge in [0, 0.05) is 22.1 Å². The topological polar surface area (TPSA) is 45.6 Å². The number of nitrogens with zero attached hydrogens (tertiary/aromatic N) is 3. The van der Waals surface area contributed by atoms with Gasteiger partial charge in [0.25, 0.3) is 11.8 Å². The third-order valence-electron chi connectivity index (χ3n) is 6.13. The van der Waals surface area contributed by atoms with E-state index in [0.29, 0.717) is 16.4 Å². The number of halogens is 1. The fourth-order valence-electron chi connectivity index (χ4n) is 4.42. The molecule has 4 aromatic rings. The van der Waals surface area contributed by atoms with Gasteiger partial charge in [0.15, 0.2) is 5.11 Å². The van der Waals surface area contributed by atoms with Crippen molar-refractivity contribution in [3.8, 4) is 5.69 Å². The molecule has 3 aromatic carbocycles. The Morgan fingerprint density at radius 3 is 1.72 bits per heavy atom. The van der Waals surface area contributed by atoms with E-state index in [9.17, 15) is 9.59 Å². The first-order valence-corrected chi connectivity index (χ1v) is 12.1. The number of carbonyl (C=O) groups excluding carboxylic acids is 2. The predicted octanol–water partition coefficient (Wildman–Crippen LogP) is 6.50. The minimum absolute atomic E-state index is 0.0349. The molecule has 0 unspecified atom stereocenters.